The number of hydrogen-bond donors (Lipinski definition) is 2. The van der Waals surface area contributed by atoms with Crippen LogP contribution in [-0.2, 0) is 13.0 Å². The monoisotopic (exact) mass is 263 g/mol. The number of aromatic hydroxyl groups is 1. The van der Waals surface area contributed by atoms with Crippen LogP contribution in [0.1, 0.15) is 31.2 Å². The zero-order chi connectivity index (χ0) is 13.0. The van der Waals surface area contributed by atoms with E-state index in [1.54, 1.807) is 12.1 Å². The van der Waals surface area contributed by atoms with Crippen molar-refractivity contribution < 1.29 is 5.11 Å². The summed E-state index contributed by atoms with van der Waals surface area (Å²) in [5.74, 6) is 1.27. The number of unbranched alkanes of at least 4 members (excludes halogenated alkanes) is 1. The molecule has 1 aromatic carbocycles. The number of rotatable bonds is 5. The van der Waals surface area contributed by atoms with Gasteiger partial charge in [-0.1, -0.05) is 25.5 Å². The maximum atomic E-state index is 9.26. The van der Waals surface area contributed by atoms with Gasteiger partial charge in [-0.05, 0) is 36.3 Å². The third kappa shape index (κ3) is 2.98. The molecular formula is C13H17N3OS. The minimum absolute atomic E-state index is 0.278. The van der Waals surface area contributed by atoms with Crippen molar-refractivity contribution in [2.24, 2.45) is 0 Å². The van der Waals surface area contributed by atoms with Crippen molar-refractivity contribution in [1.29, 1.82) is 0 Å². The predicted molar refractivity (Wildman–Crippen MR) is 73.2 cm³/mol. The van der Waals surface area contributed by atoms with Gasteiger partial charge in [0, 0.05) is 6.42 Å². The molecule has 0 atom stereocenters. The molecule has 0 amide bonds. The molecule has 1 aromatic heterocycles. The van der Waals surface area contributed by atoms with Crippen molar-refractivity contribution in [3.05, 3.63) is 40.4 Å². The van der Waals surface area contributed by atoms with E-state index in [9.17, 15) is 5.11 Å². The molecule has 96 valence electrons. The summed E-state index contributed by atoms with van der Waals surface area (Å²) in [4.78, 5) is 0. The van der Waals surface area contributed by atoms with Crippen LogP contribution in [0.3, 0.4) is 0 Å². The Hall–Kier alpha value is -1.62. The Morgan fingerprint density at radius 2 is 2.06 bits per heavy atom. The molecule has 0 aliphatic heterocycles. The van der Waals surface area contributed by atoms with E-state index in [1.165, 1.54) is 0 Å². The average molecular weight is 263 g/mol. The second-order valence-corrected chi connectivity index (χ2v) is 4.69. The molecule has 0 radical (unpaired) electrons. The first-order valence-corrected chi connectivity index (χ1v) is 6.53. The number of phenols is 1. The Morgan fingerprint density at radius 1 is 1.33 bits per heavy atom. The molecule has 0 saturated carbocycles. The fourth-order valence-corrected chi connectivity index (χ4v) is 2.04. The summed E-state index contributed by atoms with van der Waals surface area (Å²) in [6.45, 7) is 2.85. The zero-order valence-corrected chi connectivity index (χ0v) is 11.2. The van der Waals surface area contributed by atoms with Crippen LogP contribution in [0.25, 0.3) is 0 Å². The van der Waals surface area contributed by atoms with Crippen LogP contribution in [-0.4, -0.2) is 19.9 Å². The molecule has 5 heteroatoms. The van der Waals surface area contributed by atoms with Crippen molar-refractivity contribution >= 4 is 12.2 Å². The Labute approximate surface area is 111 Å². The zero-order valence-electron chi connectivity index (χ0n) is 10.4. The maximum absolute atomic E-state index is 9.26. The number of aromatic nitrogens is 3. The maximum Gasteiger partial charge on any atom is 0.195 e. The minimum atomic E-state index is 0.278. The molecule has 0 unspecified atom stereocenters. The van der Waals surface area contributed by atoms with Gasteiger partial charge in [0.2, 0.25) is 0 Å². The van der Waals surface area contributed by atoms with Crippen LogP contribution in [0.4, 0.5) is 0 Å². The molecule has 4 nitrogen and oxygen atoms in total. The second kappa shape index (κ2) is 5.82. The van der Waals surface area contributed by atoms with Crippen LogP contribution in [0.15, 0.2) is 24.3 Å². The van der Waals surface area contributed by atoms with Gasteiger partial charge in [0.15, 0.2) is 4.77 Å². The van der Waals surface area contributed by atoms with Crippen molar-refractivity contribution in [1.82, 2.24) is 14.8 Å². The van der Waals surface area contributed by atoms with E-state index >= 15 is 0 Å². The normalized spacial score (nSPS) is 10.7. The van der Waals surface area contributed by atoms with Gasteiger partial charge in [-0.3, -0.25) is 9.67 Å². The largest absolute Gasteiger partial charge is 0.508 e. The smallest absolute Gasteiger partial charge is 0.195 e. The highest BCUT2D eigenvalue weighted by Crippen LogP contribution is 2.12. The van der Waals surface area contributed by atoms with Gasteiger partial charge in [-0.2, -0.15) is 5.10 Å². The Kier molecular flexibility index (Phi) is 4.15. The number of nitrogens with one attached hydrogen (secondary N) is 1. The average Bonchev–Trinajstić information content (AvgIpc) is 2.71. The topological polar surface area (TPSA) is 53.8 Å². The lowest BCUT2D eigenvalue weighted by Gasteiger charge is -2.06. The van der Waals surface area contributed by atoms with E-state index in [0.29, 0.717) is 11.3 Å². The number of phenolic OH excluding ortho intramolecular Hbond substituents is 1. The van der Waals surface area contributed by atoms with Crippen LogP contribution in [0, 0.1) is 4.77 Å². The summed E-state index contributed by atoms with van der Waals surface area (Å²) in [5.41, 5.74) is 1.10. The van der Waals surface area contributed by atoms with Gasteiger partial charge in [-0.25, -0.2) is 0 Å². The van der Waals surface area contributed by atoms with E-state index in [1.807, 2.05) is 16.7 Å². The summed E-state index contributed by atoms with van der Waals surface area (Å²) in [5, 5.41) is 16.4. The van der Waals surface area contributed by atoms with E-state index in [-0.39, 0.29) is 5.75 Å². The highest BCUT2D eigenvalue weighted by Gasteiger charge is 2.06. The van der Waals surface area contributed by atoms with Crippen LogP contribution in [0.5, 0.6) is 5.75 Å². The number of hydrogen-bond acceptors (Lipinski definition) is 3. The molecule has 1 heterocycles. The van der Waals surface area contributed by atoms with Gasteiger partial charge in [-0.15, -0.1) is 0 Å². The molecule has 0 saturated heterocycles. The summed E-state index contributed by atoms with van der Waals surface area (Å²) < 4.78 is 2.66. The van der Waals surface area contributed by atoms with E-state index in [2.05, 4.69) is 17.1 Å². The SMILES string of the molecule is CCCCc1n[nH]c(=S)n1Cc1ccc(O)cc1. The van der Waals surface area contributed by atoms with Crippen molar-refractivity contribution in [3.8, 4) is 5.75 Å². The molecule has 2 rings (SSSR count). The number of benzene rings is 1. The number of aryl methyl sites for hydroxylation is 1. The summed E-state index contributed by atoms with van der Waals surface area (Å²) in [6, 6.07) is 7.16. The third-order valence-corrected chi connectivity index (χ3v) is 3.18. The van der Waals surface area contributed by atoms with Gasteiger partial charge < -0.3 is 5.11 Å². The molecule has 0 bridgehead atoms. The van der Waals surface area contributed by atoms with Crippen LogP contribution >= 0.6 is 12.2 Å². The highest BCUT2D eigenvalue weighted by atomic mass is 32.1. The molecule has 0 aliphatic rings. The molecule has 2 aromatic rings. The van der Waals surface area contributed by atoms with Gasteiger partial charge >= 0.3 is 0 Å². The van der Waals surface area contributed by atoms with Crippen molar-refractivity contribution in [2.45, 2.75) is 32.7 Å². The first kappa shape index (κ1) is 12.8. The first-order valence-electron chi connectivity index (χ1n) is 6.12. The third-order valence-electron chi connectivity index (χ3n) is 2.87. The Morgan fingerprint density at radius 3 is 2.72 bits per heavy atom. The van der Waals surface area contributed by atoms with Crippen molar-refractivity contribution in [3.63, 3.8) is 0 Å². The highest BCUT2D eigenvalue weighted by molar-refractivity contribution is 7.71. The number of nitrogens with zero attached hydrogens (tertiary/aromatic N) is 2. The second-order valence-electron chi connectivity index (χ2n) is 4.30. The molecule has 0 fully saturated rings. The Bertz CT molecular complexity index is 556. The van der Waals surface area contributed by atoms with Crippen LogP contribution in [0.2, 0.25) is 0 Å². The van der Waals surface area contributed by atoms with E-state index in [0.717, 1.165) is 30.7 Å². The lowest BCUT2D eigenvalue weighted by molar-refractivity contribution is 0.475. The first-order chi connectivity index (χ1) is 8.70. The summed E-state index contributed by atoms with van der Waals surface area (Å²) in [7, 11) is 0. The molecule has 2 N–H and O–H groups in total. The minimum Gasteiger partial charge on any atom is -0.508 e. The van der Waals surface area contributed by atoms with Gasteiger partial charge in [0.25, 0.3) is 0 Å². The lowest BCUT2D eigenvalue weighted by Crippen LogP contribution is -2.05. The summed E-state index contributed by atoms with van der Waals surface area (Å²) >= 11 is 5.24. The predicted octanol–water partition coefficient (Wildman–Crippen LogP) is 3.04. The molecule has 18 heavy (non-hydrogen) atoms. The fraction of sp³-hybridized carbons (Fsp3) is 0.385. The lowest BCUT2D eigenvalue weighted by atomic mass is 10.2. The number of aromatic amines is 1. The Balaban J connectivity index is 2.19. The molecule has 0 aliphatic carbocycles. The summed E-state index contributed by atoms with van der Waals surface area (Å²) in [6.07, 6.45) is 3.18. The fourth-order valence-electron chi connectivity index (χ4n) is 1.82. The standard InChI is InChI=1S/C13H17N3OS/c1-2-3-4-12-14-15-13(18)16(12)9-10-5-7-11(17)8-6-10/h5-8,17H,2-4,9H2,1H3,(H,15,18). The molecular weight excluding hydrogens is 246 g/mol. The quantitative estimate of drug-likeness (QED) is 0.815. The molecule has 0 spiro atoms. The van der Waals surface area contributed by atoms with E-state index in [4.69, 9.17) is 12.2 Å². The van der Waals surface area contributed by atoms with Gasteiger partial charge in [0.05, 0.1) is 6.54 Å². The number of H-pyrrole nitrogens is 1. The van der Waals surface area contributed by atoms with Gasteiger partial charge in [0.1, 0.15) is 11.6 Å². The van der Waals surface area contributed by atoms with E-state index < -0.39 is 0 Å². The van der Waals surface area contributed by atoms with Crippen molar-refractivity contribution in [2.75, 3.05) is 0 Å². The van der Waals surface area contributed by atoms with Crippen LogP contribution < -0.4 is 0 Å².